The zero-order chi connectivity index (χ0) is 20.2. The molecule has 5 nitrogen and oxygen atoms in total. The molecule has 0 saturated carbocycles. The van der Waals surface area contributed by atoms with Crippen LogP contribution in [0.25, 0.3) is 10.8 Å². The largest absolute Gasteiger partial charge is 0.496 e. The standard InChI is InChI=1S/C24H24N2O3/c1-29-22-12-11-21(19-9-5-6-10-20(19)22)24(28)26-15-13-17(14-16-26)23(27)25-18-7-3-2-4-8-18/h2-12,17H,13-16H2,1H3,(H,25,27). The lowest BCUT2D eigenvalue weighted by molar-refractivity contribution is -0.121. The number of hydrogen-bond donors (Lipinski definition) is 1. The van der Waals surface area contributed by atoms with Gasteiger partial charge < -0.3 is 15.0 Å². The van der Waals surface area contributed by atoms with Gasteiger partial charge in [0.1, 0.15) is 5.75 Å². The second-order valence-corrected chi connectivity index (χ2v) is 7.28. The molecular weight excluding hydrogens is 364 g/mol. The van der Waals surface area contributed by atoms with E-state index in [1.165, 1.54) is 0 Å². The van der Waals surface area contributed by atoms with Gasteiger partial charge in [0.05, 0.1) is 7.11 Å². The summed E-state index contributed by atoms with van der Waals surface area (Å²) in [6.45, 7) is 1.15. The molecule has 0 aliphatic carbocycles. The first-order valence-corrected chi connectivity index (χ1v) is 9.88. The van der Waals surface area contributed by atoms with Crippen LogP contribution in [0.5, 0.6) is 5.75 Å². The number of amides is 2. The highest BCUT2D eigenvalue weighted by atomic mass is 16.5. The van der Waals surface area contributed by atoms with Crippen LogP contribution in [-0.2, 0) is 4.79 Å². The Kier molecular flexibility index (Phi) is 5.47. The molecule has 1 saturated heterocycles. The van der Waals surface area contributed by atoms with Crippen LogP contribution in [0.15, 0.2) is 66.7 Å². The van der Waals surface area contributed by atoms with E-state index in [2.05, 4.69) is 5.32 Å². The first-order chi connectivity index (χ1) is 14.2. The normalized spacial score (nSPS) is 14.6. The quantitative estimate of drug-likeness (QED) is 0.723. The second-order valence-electron chi connectivity index (χ2n) is 7.28. The van der Waals surface area contributed by atoms with Crippen molar-refractivity contribution in [2.45, 2.75) is 12.8 Å². The molecule has 0 spiro atoms. The summed E-state index contributed by atoms with van der Waals surface area (Å²) >= 11 is 0. The average molecular weight is 388 g/mol. The summed E-state index contributed by atoms with van der Waals surface area (Å²) in [7, 11) is 1.63. The molecule has 0 unspecified atom stereocenters. The van der Waals surface area contributed by atoms with Gasteiger partial charge in [-0.15, -0.1) is 0 Å². The van der Waals surface area contributed by atoms with Gasteiger partial charge in [-0.25, -0.2) is 0 Å². The predicted molar refractivity (Wildman–Crippen MR) is 114 cm³/mol. The number of carbonyl (C=O) groups is 2. The minimum atomic E-state index is -0.0770. The maximum absolute atomic E-state index is 13.2. The van der Waals surface area contributed by atoms with E-state index >= 15 is 0 Å². The Hall–Kier alpha value is -3.34. The average Bonchev–Trinajstić information content (AvgIpc) is 2.78. The van der Waals surface area contributed by atoms with Crippen molar-refractivity contribution in [3.63, 3.8) is 0 Å². The van der Waals surface area contributed by atoms with Crippen LogP contribution < -0.4 is 10.1 Å². The van der Waals surface area contributed by atoms with Crippen LogP contribution in [0, 0.1) is 5.92 Å². The second kappa shape index (κ2) is 8.35. The Balaban J connectivity index is 1.44. The fourth-order valence-corrected chi connectivity index (χ4v) is 3.92. The number of nitrogens with one attached hydrogen (secondary N) is 1. The number of nitrogens with zero attached hydrogens (tertiary/aromatic N) is 1. The SMILES string of the molecule is COc1ccc(C(=O)N2CCC(C(=O)Nc3ccccc3)CC2)c2ccccc12. The van der Waals surface area contributed by atoms with E-state index in [9.17, 15) is 9.59 Å². The van der Waals surface area contributed by atoms with Gasteiger partial charge >= 0.3 is 0 Å². The lowest BCUT2D eigenvalue weighted by atomic mass is 9.94. The van der Waals surface area contributed by atoms with Gasteiger partial charge in [-0.3, -0.25) is 9.59 Å². The number of benzene rings is 3. The van der Waals surface area contributed by atoms with Crippen molar-refractivity contribution in [2.75, 3.05) is 25.5 Å². The first-order valence-electron chi connectivity index (χ1n) is 9.88. The van der Waals surface area contributed by atoms with Gasteiger partial charge in [0.25, 0.3) is 5.91 Å². The maximum atomic E-state index is 13.2. The van der Waals surface area contributed by atoms with Crippen molar-refractivity contribution in [3.05, 3.63) is 72.3 Å². The van der Waals surface area contributed by atoms with Crippen molar-refractivity contribution >= 4 is 28.3 Å². The lowest BCUT2D eigenvalue weighted by Gasteiger charge is -2.31. The van der Waals surface area contributed by atoms with E-state index in [1.54, 1.807) is 7.11 Å². The molecular formula is C24H24N2O3. The third-order valence-corrected chi connectivity index (χ3v) is 5.53. The number of rotatable bonds is 4. The fraction of sp³-hybridized carbons (Fsp3) is 0.250. The number of likely N-dealkylation sites (tertiary alicyclic amines) is 1. The van der Waals surface area contributed by atoms with Gasteiger partial charge in [-0.05, 0) is 42.5 Å². The molecule has 3 aromatic rings. The molecule has 148 valence electrons. The summed E-state index contributed by atoms with van der Waals surface area (Å²) < 4.78 is 5.43. The van der Waals surface area contributed by atoms with Crippen LogP contribution >= 0.6 is 0 Å². The van der Waals surface area contributed by atoms with Crippen LogP contribution in [0.4, 0.5) is 5.69 Å². The van der Waals surface area contributed by atoms with Gasteiger partial charge in [-0.1, -0.05) is 42.5 Å². The monoisotopic (exact) mass is 388 g/mol. The Bertz CT molecular complexity index is 1020. The number of fused-ring (bicyclic) bond motifs is 1. The Morgan fingerprint density at radius 3 is 2.24 bits per heavy atom. The van der Waals surface area contributed by atoms with Crippen LogP contribution in [0.1, 0.15) is 23.2 Å². The van der Waals surface area contributed by atoms with E-state index in [4.69, 9.17) is 4.74 Å². The van der Waals surface area contributed by atoms with Crippen LogP contribution in [0.3, 0.4) is 0 Å². The highest BCUT2D eigenvalue weighted by Gasteiger charge is 2.28. The smallest absolute Gasteiger partial charge is 0.254 e. The molecule has 1 aliphatic rings. The van der Waals surface area contributed by atoms with Crippen molar-refractivity contribution in [3.8, 4) is 5.75 Å². The molecule has 4 rings (SSSR count). The third-order valence-electron chi connectivity index (χ3n) is 5.53. The zero-order valence-electron chi connectivity index (χ0n) is 16.4. The molecule has 2 amide bonds. The Morgan fingerprint density at radius 1 is 0.897 bits per heavy atom. The molecule has 1 heterocycles. The summed E-state index contributed by atoms with van der Waals surface area (Å²) in [5, 5.41) is 4.79. The number of methoxy groups -OCH3 is 1. The first kappa shape index (κ1) is 19.0. The highest BCUT2D eigenvalue weighted by molar-refractivity contribution is 6.08. The molecule has 5 heteroatoms. The van der Waals surface area contributed by atoms with E-state index in [-0.39, 0.29) is 17.7 Å². The Morgan fingerprint density at radius 2 is 1.55 bits per heavy atom. The molecule has 29 heavy (non-hydrogen) atoms. The summed E-state index contributed by atoms with van der Waals surface area (Å²) in [6.07, 6.45) is 1.33. The van der Waals surface area contributed by atoms with Crippen LogP contribution in [0.2, 0.25) is 0 Å². The lowest BCUT2D eigenvalue weighted by Crippen LogP contribution is -2.41. The molecule has 1 fully saturated rings. The molecule has 0 radical (unpaired) electrons. The van der Waals surface area contributed by atoms with Gasteiger partial charge in [0.2, 0.25) is 5.91 Å². The van der Waals surface area contributed by atoms with E-state index in [0.29, 0.717) is 31.5 Å². The maximum Gasteiger partial charge on any atom is 0.254 e. The summed E-state index contributed by atoms with van der Waals surface area (Å²) in [5.41, 5.74) is 1.48. The summed E-state index contributed by atoms with van der Waals surface area (Å²) in [4.78, 5) is 27.5. The molecule has 0 bridgehead atoms. The number of para-hydroxylation sites is 1. The minimum absolute atomic E-state index is 0.00534. The van der Waals surface area contributed by atoms with E-state index in [1.807, 2.05) is 71.6 Å². The summed E-state index contributed by atoms with van der Waals surface area (Å²) in [5.74, 6) is 0.712. The van der Waals surface area contributed by atoms with Crippen molar-refractivity contribution in [1.82, 2.24) is 4.90 Å². The number of ether oxygens (including phenoxy) is 1. The molecule has 1 aliphatic heterocycles. The number of hydrogen-bond acceptors (Lipinski definition) is 3. The molecule has 1 N–H and O–H groups in total. The minimum Gasteiger partial charge on any atom is -0.496 e. The zero-order valence-corrected chi connectivity index (χ0v) is 16.4. The van der Waals surface area contributed by atoms with E-state index < -0.39 is 0 Å². The third kappa shape index (κ3) is 3.94. The predicted octanol–water partition coefficient (Wildman–Crippen LogP) is 4.34. The van der Waals surface area contributed by atoms with Crippen molar-refractivity contribution in [2.24, 2.45) is 5.92 Å². The summed E-state index contributed by atoms with van der Waals surface area (Å²) in [6, 6.07) is 20.9. The number of anilines is 1. The van der Waals surface area contributed by atoms with Gasteiger partial charge in [0, 0.05) is 35.6 Å². The topological polar surface area (TPSA) is 58.6 Å². The highest BCUT2D eigenvalue weighted by Crippen LogP contribution is 2.30. The Labute approximate surface area is 170 Å². The van der Waals surface area contributed by atoms with Gasteiger partial charge in [-0.2, -0.15) is 0 Å². The van der Waals surface area contributed by atoms with Gasteiger partial charge in [0.15, 0.2) is 0 Å². The fourth-order valence-electron chi connectivity index (χ4n) is 3.92. The molecule has 0 atom stereocenters. The molecule has 0 aromatic heterocycles. The van der Waals surface area contributed by atoms with Crippen LogP contribution in [-0.4, -0.2) is 36.9 Å². The molecule has 3 aromatic carbocycles. The van der Waals surface area contributed by atoms with E-state index in [0.717, 1.165) is 22.2 Å². The number of carbonyl (C=O) groups excluding carboxylic acids is 2. The van der Waals surface area contributed by atoms with Crippen molar-refractivity contribution < 1.29 is 14.3 Å². The van der Waals surface area contributed by atoms with Crippen molar-refractivity contribution in [1.29, 1.82) is 0 Å². The number of piperidine rings is 1.